The third kappa shape index (κ3) is 3.67. The molecule has 2 aromatic carbocycles. The third-order valence-electron chi connectivity index (χ3n) is 4.19. The molecule has 2 aromatic rings. The van der Waals surface area contributed by atoms with E-state index in [9.17, 15) is 9.59 Å². The molecule has 1 fully saturated rings. The summed E-state index contributed by atoms with van der Waals surface area (Å²) in [5.74, 6) is -0.219. The Kier molecular flexibility index (Phi) is 5.00. The van der Waals surface area contributed by atoms with Crippen LogP contribution in [0.5, 0.6) is 0 Å². The van der Waals surface area contributed by atoms with Crippen LogP contribution in [-0.2, 0) is 22.4 Å². The Labute approximate surface area is 149 Å². The number of hydrogen-bond donors (Lipinski definition) is 0. The van der Waals surface area contributed by atoms with Gasteiger partial charge in [-0.05, 0) is 42.2 Å². The minimum atomic E-state index is -0.546. The van der Waals surface area contributed by atoms with Crippen LogP contribution in [0.4, 0.5) is 4.79 Å². The van der Waals surface area contributed by atoms with Crippen molar-refractivity contribution in [3.63, 3.8) is 0 Å². The lowest BCUT2D eigenvalue weighted by Crippen LogP contribution is -2.41. The molecule has 3 rings (SSSR count). The molecule has 1 heterocycles. The van der Waals surface area contributed by atoms with Gasteiger partial charge in [0.25, 0.3) is 0 Å². The van der Waals surface area contributed by atoms with E-state index in [1.54, 1.807) is 0 Å². The number of aryl methyl sites for hydroxylation is 1. The average molecular weight is 388 g/mol. The first-order chi connectivity index (χ1) is 11.5. The van der Waals surface area contributed by atoms with Crippen molar-refractivity contribution < 1.29 is 14.3 Å². The van der Waals surface area contributed by atoms with E-state index >= 15 is 0 Å². The van der Waals surface area contributed by atoms with Crippen molar-refractivity contribution >= 4 is 27.9 Å². The van der Waals surface area contributed by atoms with Gasteiger partial charge in [0.2, 0.25) is 5.91 Å². The van der Waals surface area contributed by atoms with Crippen molar-refractivity contribution in [1.82, 2.24) is 4.90 Å². The fraction of sp³-hybridized carbons (Fsp3) is 0.263. The first-order valence-electron chi connectivity index (χ1n) is 7.82. The number of carbonyl (C=O) groups is 2. The predicted molar refractivity (Wildman–Crippen MR) is 94.7 cm³/mol. The monoisotopic (exact) mass is 387 g/mol. The molecule has 4 nitrogen and oxygen atoms in total. The zero-order valence-electron chi connectivity index (χ0n) is 13.4. The van der Waals surface area contributed by atoms with E-state index in [1.165, 1.54) is 4.90 Å². The fourth-order valence-electron chi connectivity index (χ4n) is 2.91. The smallest absolute Gasteiger partial charge is 0.416 e. The first-order valence-corrected chi connectivity index (χ1v) is 8.61. The number of benzene rings is 2. The van der Waals surface area contributed by atoms with Crippen LogP contribution < -0.4 is 0 Å². The molecule has 2 amide bonds. The molecule has 0 aromatic heterocycles. The maximum atomic E-state index is 12.7. The molecule has 1 aliphatic rings. The van der Waals surface area contributed by atoms with Crippen molar-refractivity contribution in [1.29, 1.82) is 0 Å². The molecule has 1 aliphatic heterocycles. The molecule has 24 heavy (non-hydrogen) atoms. The molecule has 0 saturated carbocycles. The predicted octanol–water partition coefficient (Wildman–Crippen LogP) is 3.89. The van der Waals surface area contributed by atoms with Gasteiger partial charge in [-0.2, -0.15) is 0 Å². The molecule has 1 saturated heterocycles. The number of cyclic esters (lactones) is 1. The zero-order chi connectivity index (χ0) is 17.1. The summed E-state index contributed by atoms with van der Waals surface area (Å²) in [5.41, 5.74) is 3.02. The van der Waals surface area contributed by atoms with Gasteiger partial charge in [0.1, 0.15) is 6.61 Å². The number of rotatable bonds is 4. The van der Waals surface area contributed by atoms with Gasteiger partial charge in [0.15, 0.2) is 0 Å². The molecule has 0 bridgehead atoms. The number of ether oxygens (including phenoxy) is 1. The highest BCUT2D eigenvalue weighted by atomic mass is 79.9. The molecule has 0 aliphatic carbocycles. The highest BCUT2D eigenvalue weighted by molar-refractivity contribution is 9.10. The van der Waals surface area contributed by atoms with Gasteiger partial charge in [-0.3, -0.25) is 4.79 Å². The summed E-state index contributed by atoms with van der Waals surface area (Å²) in [6, 6.07) is 15.3. The minimum Gasteiger partial charge on any atom is -0.447 e. The summed E-state index contributed by atoms with van der Waals surface area (Å²) in [7, 11) is 0. The maximum Gasteiger partial charge on any atom is 0.416 e. The van der Waals surface area contributed by atoms with Crippen molar-refractivity contribution in [2.24, 2.45) is 0 Å². The Hall–Kier alpha value is -2.14. The summed E-state index contributed by atoms with van der Waals surface area (Å²) in [6.45, 7) is 2.20. The quantitative estimate of drug-likeness (QED) is 0.799. The molecule has 0 spiro atoms. The van der Waals surface area contributed by atoms with E-state index in [0.29, 0.717) is 6.42 Å². The number of carbonyl (C=O) groups excluding carboxylic acids is 2. The summed E-state index contributed by atoms with van der Waals surface area (Å²) >= 11 is 3.42. The minimum absolute atomic E-state index is 0.194. The lowest BCUT2D eigenvalue weighted by molar-refractivity contribution is -0.128. The fourth-order valence-corrected chi connectivity index (χ4v) is 3.38. The van der Waals surface area contributed by atoms with E-state index in [-0.39, 0.29) is 25.0 Å². The standard InChI is InChI=1S/C19H18BrNO3/c1-13-9-16(20)8-7-15(13)11-18(22)21-17(12-24-19(21)23)10-14-5-3-2-4-6-14/h2-9,17H,10-12H2,1H3/t17-/m0/s1. The van der Waals surface area contributed by atoms with Gasteiger partial charge in [-0.25, -0.2) is 9.69 Å². The Morgan fingerprint density at radius 2 is 2.00 bits per heavy atom. The second-order valence-electron chi connectivity index (χ2n) is 5.93. The van der Waals surface area contributed by atoms with Crippen molar-refractivity contribution in [3.8, 4) is 0 Å². The number of halogens is 1. The zero-order valence-corrected chi connectivity index (χ0v) is 15.0. The number of amides is 2. The van der Waals surface area contributed by atoms with E-state index in [0.717, 1.165) is 21.2 Å². The van der Waals surface area contributed by atoms with Crippen LogP contribution in [0, 0.1) is 6.92 Å². The molecular formula is C19H18BrNO3. The highest BCUT2D eigenvalue weighted by Crippen LogP contribution is 2.21. The third-order valence-corrected chi connectivity index (χ3v) is 4.68. The van der Waals surface area contributed by atoms with E-state index in [2.05, 4.69) is 15.9 Å². The molecule has 1 atom stereocenters. The average Bonchev–Trinajstić information content (AvgIpc) is 2.91. The normalized spacial score (nSPS) is 17.0. The van der Waals surface area contributed by atoms with Crippen LogP contribution in [0.3, 0.4) is 0 Å². The Bertz CT molecular complexity index is 760. The van der Waals surface area contributed by atoms with Crippen molar-refractivity contribution in [2.45, 2.75) is 25.8 Å². The second-order valence-corrected chi connectivity index (χ2v) is 6.85. The van der Waals surface area contributed by atoms with E-state index in [4.69, 9.17) is 4.74 Å². The lowest BCUT2D eigenvalue weighted by Gasteiger charge is -2.20. The Morgan fingerprint density at radius 3 is 2.71 bits per heavy atom. The van der Waals surface area contributed by atoms with Gasteiger partial charge in [-0.15, -0.1) is 0 Å². The van der Waals surface area contributed by atoms with Crippen LogP contribution in [0.1, 0.15) is 16.7 Å². The Morgan fingerprint density at radius 1 is 1.25 bits per heavy atom. The molecule has 0 unspecified atom stereocenters. The van der Waals surface area contributed by atoms with Gasteiger partial charge < -0.3 is 4.74 Å². The maximum absolute atomic E-state index is 12.7. The summed E-state index contributed by atoms with van der Waals surface area (Å²) in [6.07, 6.45) is 0.257. The number of nitrogens with zero attached hydrogens (tertiary/aromatic N) is 1. The van der Waals surface area contributed by atoms with Crippen molar-refractivity contribution in [2.75, 3.05) is 6.61 Å². The molecule has 124 valence electrons. The van der Waals surface area contributed by atoms with Gasteiger partial charge in [0, 0.05) is 4.47 Å². The lowest BCUT2D eigenvalue weighted by atomic mass is 10.0. The van der Waals surface area contributed by atoms with Gasteiger partial charge >= 0.3 is 6.09 Å². The molecule has 0 radical (unpaired) electrons. The second kappa shape index (κ2) is 7.18. The van der Waals surface area contributed by atoms with Gasteiger partial charge in [0.05, 0.1) is 12.5 Å². The van der Waals surface area contributed by atoms with Crippen LogP contribution in [0.2, 0.25) is 0 Å². The molecular weight excluding hydrogens is 370 g/mol. The summed E-state index contributed by atoms with van der Waals surface area (Å²) in [5, 5.41) is 0. The van der Waals surface area contributed by atoms with Crippen LogP contribution >= 0.6 is 15.9 Å². The summed E-state index contributed by atoms with van der Waals surface area (Å²) < 4.78 is 6.09. The van der Waals surface area contributed by atoms with Crippen LogP contribution in [0.25, 0.3) is 0 Å². The number of imide groups is 1. The first kappa shape index (κ1) is 16.7. The SMILES string of the molecule is Cc1cc(Br)ccc1CC(=O)N1C(=O)OC[C@@H]1Cc1ccccc1. The van der Waals surface area contributed by atoms with Gasteiger partial charge in [-0.1, -0.05) is 52.3 Å². The number of hydrogen-bond acceptors (Lipinski definition) is 3. The molecule has 0 N–H and O–H groups in total. The topological polar surface area (TPSA) is 46.6 Å². The van der Waals surface area contributed by atoms with E-state index in [1.807, 2.05) is 55.5 Å². The van der Waals surface area contributed by atoms with Crippen molar-refractivity contribution in [3.05, 3.63) is 69.7 Å². The largest absolute Gasteiger partial charge is 0.447 e. The summed E-state index contributed by atoms with van der Waals surface area (Å²) in [4.78, 5) is 26.0. The van der Waals surface area contributed by atoms with E-state index < -0.39 is 6.09 Å². The van der Waals surface area contributed by atoms with Crippen LogP contribution in [-0.4, -0.2) is 29.5 Å². The molecule has 5 heteroatoms. The Balaban J connectivity index is 1.75. The highest BCUT2D eigenvalue weighted by Gasteiger charge is 2.37. The van der Waals surface area contributed by atoms with Crippen LogP contribution in [0.15, 0.2) is 53.0 Å².